The Morgan fingerprint density at radius 1 is 1.13 bits per heavy atom. The van der Waals surface area contributed by atoms with Gasteiger partial charge in [0.1, 0.15) is 0 Å². The lowest BCUT2D eigenvalue weighted by Gasteiger charge is -2.21. The van der Waals surface area contributed by atoms with Gasteiger partial charge in [0.2, 0.25) is 0 Å². The summed E-state index contributed by atoms with van der Waals surface area (Å²) in [6.07, 6.45) is 6.76. The molecule has 120 valence electrons. The zero-order valence-corrected chi connectivity index (χ0v) is 13.3. The van der Waals surface area contributed by atoms with Crippen LogP contribution in [0.5, 0.6) is 0 Å². The van der Waals surface area contributed by atoms with E-state index >= 15 is 0 Å². The topological polar surface area (TPSA) is 45.2 Å². The van der Waals surface area contributed by atoms with Gasteiger partial charge in [-0.1, -0.05) is 36.4 Å². The van der Waals surface area contributed by atoms with E-state index in [1.54, 1.807) is 12.4 Å². The highest BCUT2D eigenvalue weighted by Crippen LogP contribution is 2.27. The summed E-state index contributed by atoms with van der Waals surface area (Å²) in [5, 5.41) is 3.00. The van der Waals surface area contributed by atoms with Crippen LogP contribution >= 0.6 is 0 Å². The number of carbonyl (C=O) groups excluding carboxylic acids is 1. The fraction of sp³-hybridized carbons (Fsp3) is 0.368. The highest BCUT2D eigenvalue weighted by Gasteiger charge is 2.21. The number of benzene rings is 1. The Morgan fingerprint density at radius 3 is 2.78 bits per heavy atom. The van der Waals surface area contributed by atoms with Crippen molar-refractivity contribution in [1.29, 1.82) is 0 Å². The third-order valence-electron chi connectivity index (χ3n) is 4.45. The largest absolute Gasteiger partial charge is 0.334 e. The summed E-state index contributed by atoms with van der Waals surface area (Å²) < 4.78 is 0. The van der Waals surface area contributed by atoms with Gasteiger partial charge < -0.3 is 10.2 Å². The van der Waals surface area contributed by atoms with Gasteiger partial charge >= 0.3 is 6.03 Å². The average molecular weight is 309 g/mol. The summed E-state index contributed by atoms with van der Waals surface area (Å²) in [4.78, 5) is 18.4. The minimum Gasteiger partial charge on any atom is -0.334 e. The fourth-order valence-corrected chi connectivity index (χ4v) is 3.15. The molecule has 4 heteroatoms. The second kappa shape index (κ2) is 7.77. The number of amides is 2. The molecule has 0 aliphatic carbocycles. The Kier molecular flexibility index (Phi) is 5.25. The molecule has 2 amide bonds. The van der Waals surface area contributed by atoms with Crippen molar-refractivity contribution in [2.24, 2.45) is 0 Å². The van der Waals surface area contributed by atoms with E-state index in [0.717, 1.165) is 37.9 Å². The molecule has 0 bridgehead atoms. The van der Waals surface area contributed by atoms with E-state index in [1.807, 2.05) is 17.0 Å². The number of carbonyl (C=O) groups is 1. The van der Waals surface area contributed by atoms with E-state index in [1.165, 1.54) is 5.56 Å². The Hall–Kier alpha value is -2.36. The highest BCUT2D eigenvalue weighted by atomic mass is 16.2. The second-order valence-corrected chi connectivity index (χ2v) is 6.05. The number of hydrogen-bond donors (Lipinski definition) is 1. The number of nitrogens with zero attached hydrogens (tertiary/aromatic N) is 2. The van der Waals surface area contributed by atoms with Gasteiger partial charge in [-0.15, -0.1) is 0 Å². The molecule has 1 N–H and O–H groups in total. The van der Waals surface area contributed by atoms with Crippen molar-refractivity contribution in [2.75, 3.05) is 13.1 Å². The normalized spacial score (nSPS) is 18.3. The lowest BCUT2D eigenvalue weighted by atomic mass is 9.92. The van der Waals surface area contributed by atoms with Gasteiger partial charge in [0.05, 0.1) is 0 Å². The van der Waals surface area contributed by atoms with E-state index in [9.17, 15) is 4.79 Å². The first kappa shape index (κ1) is 15.5. The molecule has 0 spiro atoms. The molecule has 4 nitrogen and oxygen atoms in total. The number of aromatic nitrogens is 1. The Balaban J connectivity index is 1.52. The second-order valence-electron chi connectivity index (χ2n) is 6.05. The standard InChI is InChI=1S/C19H23N3O/c23-19(21-15-16-6-4-11-20-14-16)22-12-5-9-18(10-13-22)17-7-2-1-3-8-17/h1-4,6-8,11,14,18H,5,9-10,12-13,15H2,(H,21,23)/t18-/m1/s1. The quantitative estimate of drug-likeness (QED) is 0.942. The van der Waals surface area contributed by atoms with Gasteiger partial charge in [-0.2, -0.15) is 0 Å². The summed E-state index contributed by atoms with van der Waals surface area (Å²) in [5.41, 5.74) is 2.42. The van der Waals surface area contributed by atoms with Crippen LogP contribution in [-0.4, -0.2) is 29.0 Å². The van der Waals surface area contributed by atoms with Crippen molar-refractivity contribution < 1.29 is 4.79 Å². The van der Waals surface area contributed by atoms with Crippen molar-refractivity contribution in [1.82, 2.24) is 15.2 Å². The molecule has 3 rings (SSSR count). The first-order chi connectivity index (χ1) is 11.3. The zero-order valence-electron chi connectivity index (χ0n) is 13.3. The van der Waals surface area contributed by atoms with Crippen LogP contribution < -0.4 is 5.32 Å². The molecule has 1 atom stereocenters. The van der Waals surface area contributed by atoms with E-state index in [2.05, 4.69) is 40.6 Å². The molecule has 1 aliphatic heterocycles. The molecule has 1 aromatic heterocycles. The number of likely N-dealkylation sites (tertiary alicyclic amines) is 1. The molecule has 1 fully saturated rings. The molecule has 2 heterocycles. The van der Waals surface area contributed by atoms with Gasteiger partial charge in [-0.3, -0.25) is 4.98 Å². The minimum atomic E-state index is 0.0302. The van der Waals surface area contributed by atoms with Crippen LogP contribution in [0.25, 0.3) is 0 Å². The van der Waals surface area contributed by atoms with Crippen molar-refractivity contribution in [2.45, 2.75) is 31.7 Å². The van der Waals surface area contributed by atoms with Crippen LogP contribution in [0.15, 0.2) is 54.9 Å². The molecule has 1 saturated heterocycles. The van der Waals surface area contributed by atoms with E-state index in [4.69, 9.17) is 0 Å². The molecule has 0 saturated carbocycles. The zero-order chi connectivity index (χ0) is 15.9. The van der Waals surface area contributed by atoms with Crippen LogP contribution in [-0.2, 0) is 6.54 Å². The maximum absolute atomic E-state index is 12.4. The van der Waals surface area contributed by atoms with E-state index in [0.29, 0.717) is 12.5 Å². The third-order valence-corrected chi connectivity index (χ3v) is 4.45. The smallest absolute Gasteiger partial charge is 0.317 e. The van der Waals surface area contributed by atoms with Crippen LogP contribution in [0.1, 0.15) is 36.3 Å². The van der Waals surface area contributed by atoms with Gasteiger partial charge in [-0.25, -0.2) is 4.79 Å². The lowest BCUT2D eigenvalue weighted by molar-refractivity contribution is 0.199. The van der Waals surface area contributed by atoms with Crippen molar-refractivity contribution in [3.63, 3.8) is 0 Å². The predicted octanol–water partition coefficient (Wildman–Crippen LogP) is 3.56. The monoisotopic (exact) mass is 309 g/mol. The summed E-state index contributed by atoms with van der Waals surface area (Å²) in [5.74, 6) is 0.562. The van der Waals surface area contributed by atoms with Gasteiger partial charge in [0.25, 0.3) is 0 Å². The first-order valence-electron chi connectivity index (χ1n) is 8.29. The third kappa shape index (κ3) is 4.31. The number of urea groups is 1. The molecule has 1 aromatic carbocycles. The summed E-state index contributed by atoms with van der Waals surface area (Å²) >= 11 is 0. The van der Waals surface area contributed by atoms with Crippen molar-refractivity contribution >= 4 is 6.03 Å². The van der Waals surface area contributed by atoms with Crippen LogP contribution in [0.2, 0.25) is 0 Å². The molecule has 1 aliphatic rings. The number of hydrogen-bond acceptors (Lipinski definition) is 2. The molecule has 23 heavy (non-hydrogen) atoms. The lowest BCUT2D eigenvalue weighted by Crippen LogP contribution is -2.40. The fourth-order valence-electron chi connectivity index (χ4n) is 3.15. The molecule has 0 radical (unpaired) electrons. The van der Waals surface area contributed by atoms with Crippen LogP contribution in [0, 0.1) is 0 Å². The maximum atomic E-state index is 12.4. The van der Waals surface area contributed by atoms with Crippen LogP contribution in [0.4, 0.5) is 4.79 Å². The molecular weight excluding hydrogens is 286 g/mol. The number of rotatable bonds is 3. The van der Waals surface area contributed by atoms with Crippen LogP contribution in [0.3, 0.4) is 0 Å². The molecule has 0 unspecified atom stereocenters. The average Bonchev–Trinajstić information content (AvgIpc) is 2.87. The minimum absolute atomic E-state index is 0.0302. The summed E-state index contributed by atoms with van der Waals surface area (Å²) in [6.45, 7) is 2.19. The first-order valence-corrected chi connectivity index (χ1v) is 8.29. The Morgan fingerprint density at radius 2 is 2.00 bits per heavy atom. The van der Waals surface area contributed by atoms with E-state index in [-0.39, 0.29) is 6.03 Å². The molecule has 2 aromatic rings. The van der Waals surface area contributed by atoms with Crippen molar-refractivity contribution in [3.05, 3.63) is 66.0 Å². The number of pyridine rings is 1. The SMILES string of the molecule is O=C(NCc1cccnc1)N1CCC[C@@H](c2ccccc2)CC1. The van der Waals surface area contributed by atoms with E-state index < -0.39 is 0 Å². The number of nitrogens with one attached hydrogen (secondary N) is 1. The van der Waals surface area contributed by atoms with Gasteiger partial charge in [0, 0.05) is 32.0 Å². The van der Waals surface area contributed by atoms with Gasteiger partial charge in [-0.05, 0) is 42.4 Å². The Bertz CT molecular complexity index is 615. The predicted molar refractivity (Wildman–Crippen MR) is 91.1 cm³/mol. The van der Waals surface area contributed by atoms with Crippen molar-refractivity contribution in [3.8, 4) is 0 Å². The molecular formula is C19H23N3O. The highest BCUT2D eigenvalue weighted by molar-refractivity contribution is 5.74. The maximum Gasteiger partial charge on any atom is 0.317 e. The summed E-state index contributed by atoms with van der Waals surface area (Å²) in [7, 11) is 0. The Labute approximate surface area is 137 Å². The summed E-state index contributed by atoms with van der Waals surface area (Å²) in [6, 6.07) is 14.5. The van der Waals surface area contributed by atoms with Gasteiger partial charge in [0.15, 0.2) is 0 Å².